The van der Waals surface area contributed by atoms with Crippen molar-refractivity contribution < 1.29 is 14.6 Å². The molecule has 5 rings (SSSR count). The molecule has 0 aromatic heterocycles. The van der Waals surface area contributed by atoms with Crippen molar-refractivity contribution in [3.8, 4) is 0 Å². The number of fused-ring (bicyclic) bond motifs is 2. The third-order valence-corrected chi connectivity index (χ3v) is 10.4. The summed E-state index contributed by atoms with van der Waals surface area (Å²) in [6, 6.07) is 0.442. The highest BCUT2D eigenvalue weighted by atomic mass is 16.5. The Bertz CT molecular complexity index is 650. The van der Waals surface area contributed by atoms with E-state index in [1.165, 1.54) is 52.1 Å². The van der Waals surface area contributed by atoms with Gasteiger partial charge in [-0.3, -0.25) is 9.69 Å². The van der Waals surface area contributed by atoms with Gasteiger partial charge < -0.3 is 9.84 Å². The predicted molar refractivity (Wildman–Crippen MR) is 104 cm³/mol. The Morgan fingerprint density at radius 2 is 2.00 bits per heavy atom. The molecule has 3 saturated heterocycles. The molecule has 5 fully saturated rings. The molecule has 0 aromatic rings. The van der Waals surface area contributed by atoms with Crippen molar-refractivity contribution in [2.75, 3.05) is 7.11 Å². The molecule has 3 aliphatic heterocycles. The van der Waals surface area contributed by atoms with Crippen molar-refractivity contribution in [2.24, 2.45) is 34.5 Å². The van der Waals surface area contributed by atoms with Gasteiger partial charge in [-0.05, 0) is 73.5 Å². The van der Waals surface area contributed by atoms with Gasteiger partial charge in [0.1, 0.15) is 6.23 Å². The van der Waals surface area contributed by atoms with Crippen LogP contribution in [0.2, 0.25) is 0 Å². The van der Waals surface area contributed by atoms with E-state index in [4.69, 9.17) is 4.74 Å². The topological polar surface area (TPSA) is 49.8 Å². The summed E-state index contributed by atoms with van der Waals surface area (Å²) in [4.78, 5) is 14.9. The zero-order chi connectivity index (χ0) is 19.2. The lowest BCUT2D eigenvalue weighted by molar-refractivity contribution is -0.257. The largest absolute Gasteiger partial charge is 0.469 e. The van der Waals surface area contributed by atoms with Crippen molar-refractivity contribution >= 4 is 5.97 Å². The van der Waals surface area contributed by atoms with E-state index in [1.54, 1.807) is 0 Å². The molecule has 0 amide bonds. The Morgan fingerprint density at radius 1 is 1.22 bits per heavy atom. The number of hydrogen-bond donors (Lipinski definition) is 1. The zero-order valence-corrected chi connectivity index (χ0v) is 17.5. The molecular weight excluding hydrogens is 338 g/mol. The second-order valence-corrected chi connectivity index (χ2v) is 10.9. The molecular formula is C23H37NO3. The Kier molecular flexibility index (Phi) is 3.90. The van der Waals surface area contributed by atoms with Gasteiger partial charge in [0.05, 0.1) is 7.11 Å². The van der Waals surface area contributed by atoms with Crippen LogP contribution in [0.3, 0.4) is 0 Å². The smallest absolute Gasteiger partial charge is 0.305 e. The predicted octanol–water partition coefficient (Wildman–Crippen LogP) is 3.96. The first-order chi connectivity index (χ1) is 12.8. The molecule has 1 N–H and O–H groups in total. The average Bonchev–Trinajstić information content (AvgIpc) is 3.10. The number of methoxy groups -OCH3 is 1. The van der Waals surface area contributed by atoms with Crippen LogP contribution in [0.5, 0.6) is 0 Å². The van der Waals surface area contributed by atoms with E-state index in [1.807, 2.05) is 0 Å². The monoisotopic (exact) mass is 375 g/mol. The first-order valence-corrected chi connectivity index (χ1v) is 11.4. The number of rotatable bonds is 4. The van der Waals surface area contributed by atoms with Crippen LogP contribution in [0.4, 0.5) is 0 Å². The lowest BCUT2D eigenvalue weighted by atomic mass is 9.42. The average molecular weight is 376 g/mol. The number of carbonyl (C=O) groups excluding carboxylic acids is 1. The van der Waals surface area contributed by atoms with Crippen LogP contribution in [0.25, 0.3) is 0 Å². The number of ether oxygens (including phenoxy) is 1. The molecule has 4 nitrogen and oxygen atoms in total. The maximum Gasteiger partial charge on any atom is 0.305 e. The molecule has 152 valence electrons. The summed E-state index contributed by atoms with van der Waals surface area (Å²) in [5.41, 5.74) is 0.525. The van der Waals surface area contributed by atoms with E-state index < -0.39 is 0 Å². The normalized spacial score (nSPS) is 55.0. The molecule has 1 spiro atoms. The van der Waals surface area contributed by atoms with Crippen molar-refractivity contribution in [3.63, 3.8) is 0 Å². The van der Waals surface area contributed by atoms with Gasteiger partial charge in [0, 0.05) is 23.9 Å². The molecule has 2 saturated carbocycles. The lowest BCUT2D eigenvalue weighted by Gasteiger charge is -2.68. The molecule has 4 heteroatoms. The minimum absolute atomic E-state index is 0.0592. The second-order valence-electron chi connectivity index (χ2n) is 10.9. The zero-order valence-electron chi connectivity index (χ0n) is 17.5. The van der Waals surface area contributed by atoms with Gasteiger partial charge in [0.25, 0.3) is 0 Å². The number of aliphatic hydroxyl groups is 1. The molecule has 5 bridgehead atoms. The summed E-state index contributed by atoms with van der Waals surface area (Å²) in [6.07, 6.45) is 9.97. The number of hydrogen-bond acceptors (Lipinski definition) is 4. The van der Waals surface area contributed by atoms with Crippen LogP contribution in [0.15, 0.2) is 0 Å². The third-order valence-electron chi connectivity index (χ3n) is 10.4. The highest BCUT2D eigenvalue weighted by Crippen LogP contribution is 2.80. The van der Waals surface area contributed by atoms with Crippen LogP contribution in [0, 0.1) is 34.5 Å². The fourth-order valence-corrected chi connectivity index (χ4v) is 9.51. The van der Waals surface area contributed by atoms with Gasteiger partial charge >= 0.3 is 5.97 Å². The SMILES string of the molecule is COC(=O)CCC12C3C(C(C)C)CCC1(C)C1CCC4(CCCC42)N3C1O. The van der Waals surface area contributed by atoms with Gasteiger partial charge in [0.15, 0.2) is 0 Å². The number of esters is 1. The number of nitrogens with zero attached hydrogens (tertiary/aromatic N) is 1. The second kappa shape index (κ2) is 5.72. The van der Waals surface area contributed by atoms with Crippen molar-refractivity contribution in [1.29, 1.82) is 0 Å². The Hall–Kier alpha value is -0.610. The molecule has 9 unspecified atom stereocenters. The van der Waals surface area contributed by atoms with E-state index >= 15 is 0 Å². The first kappa shape index (κ1) is 18.4. The van der Waals surface area contributed by atoms with E-state index in [-0.39, 0.29) is 28.6 Å². The first-order valence-electron chi connectivity index (χ1n) is 11.4. The lowest BCUT2D eigenvalue weighted by Crippen LogP contribution is -2.72. The fraction of sp³-hybridized carbons (Fsp3) is 0.957. The number of aliphatic hydroxyl groups excluding tert-OH is 1. The van der Waals surface area contributed by atoms with Gasteiger partial charge in [-0.2, -0.15) is 0 Å². The van der Waals surface area contributed by atoms with E-state index in [0.29, 0.717) is 36.1 Å². The standard InChI is InChI=1S/C23H37NO3/c1-14(2)15-7-11-21(3)16-8-12-22-10-5-6-17(22)23(21,13-9-18(25)27-4)19(15)24(22)20(16)26/h14-17,19-20,26H,5-13H2,1-4H3. The molecule has 3 heterocycles. The van der Waals surface area contributed by atoms with Crippen molar-refractivity contribution in [1.82, 2.24) is 4.90 Å². The quantitative estimate of drug-likeness (QED) is 0.756. The van der Waals surface area contributed by atoms with E-state index in [2.05, 4.69) is 25.7 Å². The molecule has 5 aliphatic rings. The minimum Gasteiger partial charge on any atom is -0.469 e. The Labute approximate surface area is 164 Å². The third kappa shape index (κ3) is 1.91. The molecule has 0 radical (unpaired) electrons. The fourth-order valence-electron chi connectivity index (χ4n) is 9.51. The molecule has 9 atom stereocenters. The summed E-state index contributed by atoms with van der Waals surface area (Å²) in [7, 11) is 1.52. The maximum atomic E-state index is 12.2. The van der Waals surface area contributed by atoms with Crippen molar-refractivity contribution in [2.45, 2.75) is 96.4 Å². The highest BCUT2D eigenvalue weighted by molar-refractivity contribution is 5.69. The molecule has 0 aromatic carbocycles. The minimum atomic E-state index is -0.273. The van der Waals surface area contributed by atoms with Crippen LogP contribution >= 0.6 is 0 Å². The Morgan fingerprint density at radius 3 is 2.70 bits per heavy atom. The summed E-state index contributed by atoms with van der Waals surface area (Å²) in [6.45, 7) is 7.24. The molecule has 27 heavy (non-hydrogen) atoms. The van der Waals surface area contributed by atoms with Crippen LogP contribution in [-0.4, -0.2) is 40.9 Å². The Balaban J connectivity index is 1.70. The van der Waals surface area contributed by atoms with Crippen LogP contribution < -0.4 is 0 Å². The molecule has 2 aliphatic carbocycles. The van der Waals surface area contributed by atoms with Crippen LogP contribution in [-0.2, 0) is 9.53 Å². The van der Waals surface area contributed by atoms with E-state index in [0.717, 1.165) is 6.42 Å². The number of carbonyl (C=O) groups is 1. The van der Waals surface area contributed by atoms with Crippen molar-refractivity contribution in [3.05, 3.63) is 0 Å². The van der Waals surface area contributed by atoms with Gasteiger partial charge in [-0.15, -0.1) is 0 Å². The van der Waals surface area contributed by atoms with Gasteiger partial charge in [-0.1, -0.05) is 27.2 Å². The maximum absolute atomic E-state index is 12.2. The van der Waals surface area contributed by atoms with Gasteiger partial charge in [0.2, 0.25) is 0 Å². The summed E-state index contributed by atoms with van der Waals surface area (Å²) in [5.74, 6) is 2.21. The number of piperidine rings is 2. The highest BCUT2D eigenvalue weighted by Gasteiger charge is 2.81. The summed E-state index contributed by atoms with van der Waals surface area (Å²) < 4.78 is 5.07. The van der Waals surface area contributed by atoms with E-state index in [9.17, 15) is 9.90 Å². The summed E-state index contributed by atoms with van der Waals surface area (Å²) >= 11 is 0. The van der Waals surface area contributed by atoms with Gasteiger partial charge in [-0.25, -0.2) is 0 Å². The summed E-state index contributed by atoms with van der Waals surface area (Å²) in [5, 5.41) is 11.6. The van der Waals surface area contributed by atoms with Crippen LogP contribution in [0.1, 0.15) is 78.6 Å².